The van der Waals surface area contributed by atoms with E-state index in [0.717, 1.165) is 0 Å². The predicted octanol–water partition coefficient (Wildman–Crippen LogP) is 4.89. The van der Waals surface area contributed by atoms with Crippen LogP contribution < -0.4 is 4.74 Å². The first-order chi connectivity index (χ1) is 9.04. The van der Waals surface area contributed by atoms with Gasteiger partial charge in [-0.05, 0) is 30.3 Å². The third-order valence-electron chi connectivity index (χ3n) is 2.60. The van der Waals surface area contributed by atoms with Crippen LogP contribution in [-0.4, -0.2) is 12.9 Å². The minimum absolute atomic E-state index is 0.219. The highest BCUT2D eigenvalue weighted by molar-refractivity contribution is 6.44. The zero-order valence-electron chi connectivity index (χ0n) is 9.91. The molecule has 0 aliphatic rings. The zero-order valence-corrected chi connectivity index (χ0v) is 12.2. The number of methoxy groups -OCH3 is 1. The second-order valence-electron chi connectivity index (χ2n) is 3.78. The Morgan fingerprint density at radius 2 is 1.79 bits per heavy atom. The summed E-state index contributed by atoms with van der Waals surface area (Å²) < 4.78 is 5.16. The van der Waals surface area contributed by atoms with Gasteiger partial charge in [-0.2, -0.15) is 0 Å². The second kappa shape index (κ2) is 5.83. The molecule has 0 unspecified atom stereocenters. The van der Waals surface area contributed by atoms with Gasteiger partial charge in [0.1, 0.15) is 5.75 Å². The van der Waals surface area contributed by atoms with Crippen LogP contribution in [0.1, 0.15) is 15.9 Å². The van der Waals surface area contributed by atoms with Gasteiger partial charge in [-0.15, -0.1) is 0 Å². The third-order valence-corrected chi connectivity index (χ3v) is 3.66. The summed E-state index contributed by atoms with van der Waals surface area (Å²) in [5.74, 6) is 0.150. The summed E-state index contributed by atoms with van der Waals surface area (Å²) >= 11 is 17.9. The van der Waals surface area contributed by atoms with Crippen molar-refractivity contribution in [2.75, 3.05) is 7.11 Å². The van der Waals surface area contributed by atoms with Crippen molar-refractivity contribution in [1.29, 1.82) is 0 Å². The Kier molecular flexibility index (Phi) is 4.35. The first-order valence-corrected chi connectivity index (χ1v) is 6.50. The number of ether oxygens (including phenoxy) is 1. The normalized spacial score (nSPS) is 10.3. The largest absolute Gasteiger partial charge is 0.496 e. The van der Waals surface area contributed by atoms with Crippen molar-refractivity contribution in [1.82, 2.24) is 0 Å². The van der Waals surface area contributed by atoms with Crippen LogP contribution >= 0.6 is 34.8 Å². The summed E-state index contributed by atoms with van der Waals surface area (Å²) in [6, 6.07) is 9.72. The number of benzene rings is 2. The number of hydrogen-bond acceptors (Lipinski definition) is 2. The van der Waals surface area contributed by atoms with E-state index in [1.165, 1.54) is 7.11 Å². The van der Waals surface area contributed by atoms with Gasteiger partial charge in [0.15, 0.2) is 5.78 Å². The highest BCUT2D eigenvalue weighted by atomic mass is 35.5. The standard InChI is InChI=1S/C14H9Cl3O2/c1-19-12-6-5-8(15)7-10(12)14(18)9-3-2-4-11(16)13(9)17/h2-7H,1H3. The van der Waals surface area contributed by atoms with E-state index in [4.69, 9.17) is 39.5 Å². The molecule has 2 aromatic rings. The molecule has 0 spiro atoms. The fourth-order valence-corrected chi connectivity index (χ4v) is 2.24. The van der Waals surface area contributed by atoms with Gasteiger partial charge in [0.05, 0.1) is 22.7 Å². The van der Waals surface area contributed by atoms with Gasteiger partial charge < -0.3 is 4.74 Å². The highest BCUT2D eigenvalue weighted by Gasteiger charge is 2.18. The first-order valence-electron chi connectivity index (χ1n) is 5.37. The van der Waals surface area contributed by atoms with Crippen molar-refractivity contribution < 1.29 is 9.53 Å². The predicted molar refractivity (Wildman–Crippen MR) is 77.9 cm³/mol. The van der Waals surface area contributed by atoms with Gasteiger partial charge in [-0.1, -0.05) is 40.9 Å². The fraction of sp³-hybridized carbons (Fsp3) is 0.0714. The second-order valence-corrected chi connectivity index (χ2v) is 5.00. The van der Waals surface area contributed by atoms with Crippen molar-refractivity contribution in [2.45, 2.75) is 0 Å². The van der Waals surface area contributed by atoms with Crippen LogP contribution in [0.4, 0.5) is 0 Å². The van der Waals surface area contributed by atoms with Crippen molar-refractivity contribution in [3.8, 4) is 5.75 Å². The molecule has 0 radical (unpaired) electrons. The fourth-order valence-electron chi connectivity index (χ4n) is 1.68. The van der Waals surface area contributed by atoms with Crippen molar-refractivity contribution >= 4 is 40.6 Å². The van der Waals surface area contributed by atoms with E-state index in [2.05, 4.69) is 0 Å². The molecule has 98 valence electrons. The Bertz CT molecular complexity index is 639. The lowest BCUT2D eigenvalue weighted by Gasteiger charge is -2.09. The topological polar surface area (TPSA) is 26.3 Å². The van der Waals surface area contributed by atoms with Crippen LogP contribution in [0, 0.1) is 0 Å². The Hall–Kier alpha value is -1.22. The van der Waals surface area contributed by atoms with Crippen LogP contribution in [0.15, 0.2) is 36.4 Å². The van der Waals surface area contributed by atoms with Crippen molar-refractivity contribution in [3.63, 3.8) is 0 Å². The molecule has 0 aromatic heterocycles. The lowest BCUT2D eigenvalue weighted by molar-refractivity contribution is 0.103. The molecule has 0 heterocycles. The van der Waals surface area contributed by atoms with Crippen molar-refractivity contribution in [3.05, 3.63) is 62.6 Å². The monoisotopic (exact) mass is 314 g/mol. The summed E-state index contributed by atoms with van der Waals surface area (Å²) in [7, 11) is 1.49. The maximum atomic E-state index is 12.5. The Labute approximate surface area is 125 Å². The zero-order chi connectivity index (χ0) is 14.0. The molecule has 2 rings (SSSR count). The molecule has 0 fully saturated rings. The molecular formula is C14H9Cl3O2. The molecule has 0 saturated heterocycles. The molecule has 5 heteroatoms. The molecular weight excluding hydrogens is 307 g/mol. The summed E-state index contributed by atoms with van der Waals surface area (Å²) in [4.78, 5) is 12.5. The van der Waals surface area contributed by atoms with Gasteiger partial charge in [-0.3, -0.25) is 4.79 Å². The van der Waals surface area contributed by atoms with E-state index >= 15 is 0 Å². The SMILES string of the molecule is COc1ccc(Cl)cc1C(=O)c1cccc(Cl)c1Cl. The minimum Gasteiger partial charge on any atom is -0.496 e. The van der Waals surface area contributed by atoms with Gasteiger partial charge in [0.2, 0.25) is 0 Å². The molecule has 2 aromatic carbocycles. The Morgan fingerprint density at radius 3 is 2.47 bits per heavy atom. The molecule has 19 heavy (non-hydrogen) atoms. The third kappa shape index (κ3) is 2.86. The van der Waals surface area contributed by atoms with E-state index < -0.39 is 0 Å². The average Bonchev–Trinajstić information content (AvgIpc) is 2.41. The van der Waals surface area contributed by atoms with Crippen LogP contribution in [0.5, 0.6) is 5.75 Å². The van der Waals surface area contributed by atoms with Crippen LogP contribution in [0.2, 0.25) is 15.1 Å². The smallest absolute Gasteiger partial charge is 0.198 e. The summed E-state index contributed by atoms with van der Waals surface area (Å²) in [5.41, 5.74) is 0.661. The van der Waals surface area contributed by atoms with Gasteiger partial charge in [-0.25, -0.2) is 0 Å². The molecule has 0 atom stereocenters. The summed E-state index contributed by atoms with van der Waals surface area (Å²) in [5, 5.41) is 0.993. The Balaban J connectivity index is 2.56. The maximum absolute atomic E-state index is 12.5. The van der Waals surface area contributed by atoms with Crippen LogP contribution in [0.3, 0.4) is 0 Å². The highest BCUT2D eigenvalue weighted by Crippen LogP contribution is 2.31. The number of halogens is 3. The van der Waals surface area contributed by atoms with E-state index in [1.54, 1.807) is 36.4 Å². The molecule has 0 N–H and O–H groups in total. The lowest BCUT2D eigenvalue weighted by atomic mass is 10.0. The van der Waals surface area contributed by atoms with E-state index in [-0.39, 0.29) is 10.8 Å². The van der Waals surface area contributed by atoms with E-state index in [9.17, 15) is 4.79 Å². The van der Waals surface area contributed by atoms with E-state index in [0.29, 0.717) is 26.9 Å². The summed E-state index contributed by atoms with van der Waals surface area (Å²) in [6.45, 7) is 0. The number of hydrogen-bond donors (Lipinski definition) is 0. The number of carbonyl (C=O) groups is 1. The number of ketones is 1. The molecule has 0 saturated carbocycles. The van der Waals surface area contributed by atoms with E-state index in [1.807, 2.05) is 0 Å². The van der Waals surface area contributed by atoms with Gasteiger partial charge in [0.25, 0.3) is 0 Å². The Morgan fingerprint density at radius 1 is 1.05 bits per heavy atom. The molecule has 0 bridgehead atoms. The summed E-state index contributed by atoms with van der Waals surface area (Å²) in [6.07, 6.45) is 0. The average molecular weight is 316 g/mol. The van der Waals surface area contributed by atoms with Crippen LogP contribution in [0.25, 0.3) is 0 Å². The molecule has 2 nitrogen and oxygen atoms in total. The van der Waals surface area contributed by atoms with Gasteiger partial charge >= 0.3 is 0 Å². The quantitative estimate of drug-likeness (QED) is 0.754. The molecule has 0 aliphatic carbocycles. The maximum Gasteiger partial charge on any atom is 0.198 e. The molecule has 0 aliphatic heterocycles. The van der Waals surface area contributed by atoms with Gasteiger partial charge in [0, 0.05) is 10.6 Å². The molecule has 0 amide bonds. The lowest BCUT2D eigenvalue weighted by Crippen LogP contribution is -2.05. The minimum atomic E-state index is -0.285. The van der Waals surface area contributed by atoms with Crippen molar-refractivity contribution in [2.24, 2.45) is 0 Å². The first kappa shape index (κ1) is 14.2. The van der Waals surface area contributed by atoms with Crippen LogP contribution in [-0.2, 0) is 0 Å². The number of carbonyl (C=O) groups excluding carboxylic acids is 1. The number of rotatable bonds is 3.